The summed E-state index contributed by atoms with van der Waals surface area (Å²) in [5.74, 6) is -0.987. The molecule has 0 aliphatic heterocycles. The zero-order chi connectivity index (χ0) is 21.2. The van der Waals surface area contributed by atoms with Gasteiger partial charge in [0.2, 0.25) is 0 Å². The smallest absolute Gasteiger partial charge is 0.324 e. The van der Waals surface area contributed by atoms with Crippen LogP contribution in [-0.2, 0) is 16.9 Å². The van der Waals surface area contributed by atoms with Crippen LogP contribution in [0.1, 0.15) is 27.4 Å². The molecule has 0 unspecified atom stereocenters. The first-order valence-electron chi connectivity index (χ1n) is 8.47. The van der Waals surface area contributed by atoms with Crippen molar-refractivity contribution in [1.29, 1.82) is 5.41 Å². The molecule has 0 aliphatic carbocycles. The minimum absolute atomic E-state index is 0.0574. The molecule has 0 aliphatic rings. The van der Waals surface area contributed by atoms with Crippen molar-refractivity contribution in [2.45, 2.75) is 23.8 Å². The monoisotopic (exact) mass is 532 g/mol. The lowest BCUT2D eigenvalue weighted by molar-refractivity contribution is 0.122. The number of thiazole rings is 1. The van der Waals surface area contributed by atoms with Crippen LogP contribution in [0.2, 0.25) is 0 Å². The van der Waals surface area contributed by atoms with Gasteiger partial charge in [0.05, 0.1) is 23.5 Å². The third kappa shape index (κ3) is 4.69. The van der Waals surface area contributed by atoms with Gasteiger partial charge in [0, 0.05) is 46.2 Å². The Kier molecular flexibility index (Phi) is 6.42. The zero-order valence-electron chi connectivity index (χ0n) is 15.2. The number of fused-ring (bicyclic) bond motifs is 1. The second-order valence-electron chi connectivity index (χ2n) is 6.17. The van der Waals surface area contributed by atoms with Gasteiger partial charge in [-0.25, -0.2) is 9.37 Å². The molecule has 3 aromatic rings. The highest BCUT2D eigenvalue weighted by Gasteiger charge is 2.31. The van der Waals surface area contributed by atoms with Crippen LogP contribution in [-0.4, -0.2) is 15.6 Å². The molecule has 0 amide bonds. The molecule has 0 saturated heterocycles. The van der Waals surface area contributed by atoms with Crippen molar-refractivity contribution in [3.8, 4) is 0 Å². The average Bonchev–Trinajstić information content (AvgIpc) is 2.95. The highest BCUT2D eigenvalue weighted by Crippen LogP contribution is 2.37. The predicted octanol–water partition coefficient (Wildman–Crippen LogP) is 4.53. The van der Waals surface area contributed by atoms with Crippen molar-refractivity contribution in [1.82, 2.24) is 14.7 Å². The predicted molar refractivity (Wildman–Crippen MR) is 116 cm³/mol. The topological polar surface area (TPSA) is 70.2 Å². The van der Waals surface area contributed by atoms with Crippen LogP contribution in [0.4, 0.5) is 13.2 Å². The number of alkyl halides is 3. The number of aromatic nitrogens is 2. The van der Waals surface area contributed by atoms with Crippen molar-refractivity contribution in [3.63, 3.8) is 0 Å². The van der Waals surface area contributed by atoms with Crippen molar-refractivity contribution in [3.05, 3.63) is 80.1 Å². The first-order chi connectivity index (χ1) is 13.7. The van der Waals surface area contributed by atoms with Gasteiger partial charge >= 0.3 is 3.93 Å². The Hall–Kier alpha value is -2.21. The molecule has 0 saturated carbocycles. The summed E-state index contributed by atoms with van der Waals surface area (Å²) in [4.78, 5) is 18.4. The van der Waals surface area contributed by atoms with Crippen molar-refractivity contribution in [2.24, 2.45) is 0 Å². The van der Waals surface area contributed by atoms with E-state index in [0.717, 1.165) is 45.4 Å². The fraction of sp³-hybridized carbons (Fsp3) is 0.211. The zero-order valence-corrected chi connectivity index (χ0v) is 18.2. The minimum atomic E-state index is -3.33. The molecular weight excluding hydrogens is 516 g/mol. The van der Waals surface area contributed by atoms with Crippen LogP contribution in [0.25, 0.3) is 4.96 Å². The van der Waals surface area contributed by atoms with E-state index in [2.05, 4.69) is 10.3 Å². The van der Waals surface area contributed by atoms with Crippen LogP contribution < -0.4 is 10.9 Å². The second kappa shape index (κ2) is 8.66. The molecule has 10 heteroatoms. The van der Waals surface area contributed by atoms with E-state index in [0.29, 0.717) is 17.2 Å². The molecule has 5 nitrogen and oxygen atoms in total. The lowest BCUT2D eigenvalue weighted by Gasteiger charge is -2.12. The molecule has 2 N–H and O–H groups in total. The number of hydrogen-bond acceptors (Lipinski definition) is 5. The number of aryl methyl sites for hydroxylation is 1. The summed E-state index contributed by atoms with van der Waals surface area (Å²) in [5, 5.41) is 9.95. The maximum atomic E-state index is 14.5. The maximum absolute atomic E-state index is 14.5. The number of hydrogen-bond donors (Lipinski definition) is 2. The summed E-state index contributed by atoms with van der Waals surface area (Å²) < 4.78 is 39.8. The van der Waals surface area contributed by atoms with E-state index >= 15 is 0 Å². The van der Waals surface area contributed by atoms with Crippen LogP contribution in [0.5, 0.6) is 0 Å². The summed E-state index contributed by atoms with van der Waals surface area (Å²) in [5.41, 5.74) is 0.0976. The molecule has 29 heavy (non-hydrogen) atoms. The molecule has 2 aromatic heterocycles. The van der Waals surface area contributed by atoms with E-state index in [1.165, 1.54) is 40.0 Å². The van der Waals surface area contributed by atoms with Gasteiger partial charge in [-0.15, -0.1) is 11.3 Å². The second-order valence-corrected chi connectivity index (χ2v) is 8.71. The van der Waals surface area contributed by atoms with Gasteiger partial charge < -0.3 is 10.7 Å². The highest BCUT2D eigenvalue weighted by molar-refractivity contribution is 14.1. The van der Waals surface area contributed by atoms with Crippen molar-refractivity contribution in [2.75, 3.05) is 0 Å². The summed E-state index contributed by atoms with van der Waals surface area (Å²) >= 11 is 2.21. The molecule has 0 spiro atoms. The van der Waals surface area contributed by atoms with Gasteiger partial charge in [0.15, 0.2) is 4.96 Å². The maximum Gasteiger partial charge on any atom is 0.324 e. The summed E-state index contributed by atoms with van der Waals surface area (Å²) in [6.45, 7) is 2.24. The Balaban J connectivity index is 1.96. The molecule has 0 fully saturated rings. The van der Waals surface area contributed by atoms with Crippen molar-refractivity contribution >= 4 is 45.1 Å². The third-order valence-corrected chi connectivity index (χ3v) is 5.78. The Labute approximate surface area is 181 Å². The number of nitrogens with zero attached hydrogens (tertiary/aromatic N) is 2. The highest BCUT2D eigenvalue weighted by atomic mass is 127. The molecule has 1 aromatic carbocycles. The minimum Gasteiger partial charge on any atom is -0.385 e. The number of allylic oxidation sites excluding steroid dienone is 1. The largest absolute Gasteiger partial charge is 0.385 e. The average molecular weight is 532 g/mol. The number of rotatable bonds is 7. The lowest BCUT2D eigenvalue weighted by Crippen LogP contribution is -2.19. The molecule has 0 atom stereocenters. The summed E-state index contributed by atoms with van der Waals surface area (Å²) in [7, 11) is 0. The summed E-state index contributed by atoms with van der Waals surface area (Å²) in [6, 6.07) is 5.12. The fourth-order valence-electron chi connectivity index (χ4n) is 2.87. The Morgan fingerprint density at radius 1 is 1.41 bits per heavy atom. The normalized spacial score (nSPS) is 12.0. The first-order valence-corrected chi connectivity index (χ1v) is 10.4. The Morgan fingerprint density at radius 3 is 2.86 bits per heavy atom. The van der Waals surface area contributed by atoms with Crippen LogP contribution in [0.3, 0.4) is 0 Å². The molecular formula is C19H16F3IN4OS. The van der Waals surface area contributed by atoms with E-state index in [4.69, 9.17) is 5.41 Å². The van der Waals surface area contributed by atoms with Gasteiger partial charge in [-0.2, -0.15) is 8.78 Å². The van der Waals surface area contributed by atoms with E-state index < -0.39 is 15.3 Å². The Bertz CT molecular complexity index is 1150. The Morgan fingerprint density at radius 2 is 2.17 bits per heavy atom. The SMILES string of the molecule is Cc1sc2nc(Cc3cccc(C(F)(F)I)c3F)cc(=O)n2c1CN/C=C\C=N. The molecule has 0 radical (unpaired) electrons. The van der Waals surface area contributed by atoms with Gasteiger partial charge in [0.1, 0.15) is 5.82 Å². The van der Waals surface area contributed by atoms with Gasteiger partial charge in [-0.3, -0.25) is 9.20 Å². The van der Waals surface area contributed by atoms with E-state index in [9.17, 15) is 18.0 Å². The van der Waals surface area contributed by atoms with Crippen LogP contribution in [0.15, 0.2) is 41.3 Å². The number of nitrogens with one attached hydrogen (secondary N) is 2. The summed E-state index contributed by atoms with van der Waals surface area (Å²) in [6.07, 6.45) is 4.19. The fourth-order valence-corrected chi connectivity index (χ4v) is 4.30. The standard InChI is InChI=1S/C19H16F3IN4OS/c1-11-15(10-25-7-3-6-24)27-16(28)9-13(26-18(27)29-11)8-12-4-2-5-14(17(12)20)19(21,22)23/h2-7,9,24-25H,8,10H2,1H3/b7-3-,24-6?. The lowest BCUT2D eigenvalue weighted by atomic mass is 10.1. The molecule has 3 rings (SSSR count). The van der Waals surface area contributed by atoms with Crippen molar-refractivity contribution < 1.29 is 13.2 Å². The number of halogens is 4. The van der Waals surface area contributed by atoms with Gasteiger partial charge in [-0.05, 0) is 30.8 Å². The van der Waals surface area contributed by atoms with Crippen LogP contribution >= 0.6 is 33.9 Å². The third-order valence-electron chi connectivity index (χ3n) is 4.20. The van der Waals surface area contributed by atoms with E-state index in [1.807, 2.05) is 6.92 Å². The first kappa shape index (κ1) is 21.5. The van der Waals surface area contributed by atoms with Gasteiger partial charge in [-0.1, -0.05) is 12.1 Å². The number of benzene rings is 1. The van der Waals surface area contributed by atoms with Gasteiger partial charge in [0.25, 0.3) is 5.56 Å². The quantitative estimate of drug-likeness (QED) is 0.267. The van der Waals surface area contributed by atoms with E-state index in [1.54, 1.807) is 6.20 Å². The molecule has 152 valence electrons. The van der Waals surface area contributed by atoms with Crippen LogP contribution in [0, 0.1) is 18.2 Å². The van der Waals surface area contributed by atoms with E-state index in [-0.39, 0.29) is 17.5 Å². The molecule has 2 heterocycles. The molecule has 0 bridgehead atoms.